The first-order valence-electron chi connectivity index (χ1n) is 7.88. The highest BCUT2D eigenvalue weighted by molar-refractivity contribution is 6.20. The summed E-state index contributed by atoms with van der Waals surface area (Å²) in [5.74, 6) is -2.49. The SMILES string of the molecule is CN(C)CC(C(=O)ON1C(=O)c2ccccc2C1=O)c1ccccc1. The van der Waals surface area contributed by atoms with Crippen molar-refractivity contribution in [1.82, 2.24) is 9.96 Å². The molecular weight excluding hydrogens is 320 g/mol. The Bertz CT molecular complexity index is 782. The number of likely N-dealkylation sites (N-methyl/N-ethyl adjacent to an activating group) is 1. The summed E-state index contributed by atoms with van der Waals surface area (Å²) in [6.45, 7) is 0.395. The lowest BCUT2D eigenvalue weighted by Gasteiger charge is -2.22. The zero-order valence-corrected chi connectivity index (χ0v) is 14.0. The standard InChI is InChI=1S/C19H18N2O4/c1-20(2)12-16(13-8-4-3-5-9-13)19(24)25-21-17(22)14-10-6-7-11-15(14)18(21)23/h3-11,16H,12H2,1-2H3. The molecule has 6 heteroatoms. The minimum Gasteiger partial charge on any atom is -0.329 e. The Kier molecular flexibility index (Phi) is 4.63. The molecule has 0 saturated carbocycles. The van der Waals surface area contributed by atoms with Crippen LogP contribution >= 0.6 is 0 Å². The lowest BCUT2D eigenvalue weighted by Crippen LogP contribution is -2.37. The quantitative estimate of drug-likeness (QED) is 0.781. The average Bonchev–Trinajstić information content (AvgIpc) is 2.85. The van der Waals surface area contributed by atoms with Gasteiger partial charge in [-0.2, -0.15) is 0 Å². The molecule has 2 aromatic carbocycles. The van der Waals surface area contributed by atoms with Gasteiger partial charge in [0, 0.05) is 6.54 Å². The monoisotopic (exact) mass is 338 g/mol. The summed E-state index contributed by atoms with van der Waals surface area (Å²) in [5, 5.41) is 0.554. The number of hydrogen-bond donors (Lipinski definition) is 0. The Balaban J connectivity index is 1.83. The van der Waals surface area contributed by atoms with E-state index in [2.05, 4.69) is 0 Å². The van der Waals surface area contributed by atoms with E-state index in [1.54, 1.807) is 12.1 Å². The van der Waals surface area contributed by atoms with E-state index in [4.69, 9.17) is 4.84 Å². The first-order chi connectivity index (χ1) is 12.0. The minimum absolute atomic E-state index is 0.240. The maximum atomic E-state index is 12.7. The van der Waals surface area contributed by atoms with Crippen LogP contribution < -0.4 is 0 Å². The molecule has 1 atom stereocenters. The van der Waals surface area contributed by atoms with E-state index in [9.17, 15) is 14.4 Å². The molecule has 1 unspecified atom stereocenters. The van der Waals surface area contributed by atoms with Crippen LogP contribution in [0.25, 0.3) is 0 Å². The molecule has 6 nitrogen and oxygen atoms in total. The van der Waals surface area contributed by atoms with Crippen molar-refractivity contribution >= 4 is 17.8 Å². The molecule has 1 heterocycles. The van der Waals surface area contributed by atoms with Crippen LogP contribution in [-0.4, -0.2) is 48.4 Å². The van der Waals surface area contributed by atoms with Crippen molar-refractivity contribution in [2.45, 2.75) is 5.92 Å². The molecule has 1 aliphatic heterocycles. The van der Waals surface area contributed by atoms with Crippen LogP contribution in [0.4, 0.5) is 0 Å². The van der Waals surface area contributed by atoms with E-state index in [-0.39, 0.29) is 11.1 Å². The fourth-order valence-corrected chi connectivity index (χ4v) is 2.77. The number of hydrogen-bond acceptors (Lipinski definition) is 5. The van der Waals surface area contributed by atoms with E-state index in [0.717, 1.165) is 5.56 Å². The molecule has 0 saturated heterocycles. The summed E-state index contributed by atoms with van der Waals surface area (Å²) < 4.78 is 0. The number of fused-ring (bicyclic) bond motifs is 1. The van der Waals surface area contributed by atoms with Crippen molar-refractivity contribution in [3.05, 3.63) is 71.3 Å². The Morgan fingerprint density at radius 1 is 0.960 bits per heavy atom. The lowest BCUT2D eigenvalue weighted by molar-refractivity contribution is -0.170. The van der Waals surface area contributed by atoms with Gasteiger partial charge in [-0.3, -0.25) is 9.59 Å². The predicted octanol–water partition coefficient (Wildman–Crippen LogP) is 2.09. The summed E-state index contributed by atoms with van der Waals surface area (Å²) in [6.07, 6.45) is 0. The molecular formula is C19H18N2O4. The van der Waals surface area contributed by atoms with E-state index in [1.165, 1.54) is 12.1 Å². The van der Waals surface area contributed by atoms with Crippen molar-refractivity contribution in [2.75, 3.05) is 20.6 Å². The van der Waals surface area contributed by atoms with Crippen molar-refractivity contribution in [1.29, 1.82) is 0 Å². The van der Waals surface area contributed by atoms with Gasteiger partial charge in [-0.1, -0.05) is 47.5 Å². The van der Waals surface area contributed by atoms with Gasteiger partial charge >= 0.3 is 5.97 Å². The number of amides is 2. The number of hydroxylamine groups is 2. The van der Waals surface area contributed by atoms with Crippen molar-refractivity contribution < 1.29 is 19.2 Å². The van der Waals surface area contributed by atoms with Crippen LogP contribution in [0.2, 0.25) is 0 Å². The van der Waals surface area contributed by atoms with E-state index in [1.807, 2.05) is 49.3 Å². The van der Waals surface area contributed by atoms with Crippen LogP contribution in [0.5, 0.6) is 0 Å². The van der Waals surface area contributed by atoms with Crippen molar-refractivity contribution in [2.24, 2.45) is 0 Å². The molecule has 0 aliphatic carbocycles. The van der Waals surface area contributed by atoms with Gasteiger partial charge in [0.1, 0.15) is 0 Å². The lowest BCUT2D eigenvalue weighted by atomic mass is 9.99. The minimum atomic E-state index is -0.644. The second kappa shape index (κ2) is 6.86. The predicted molar refractivity (Wildman–Crippen MR) is 90.8 cm³/mol. The maximum Gasteiger partial charge on any atom is 0.341 e. The number of rotatable bonds is 5. The van der Waals surface area contributed by atoms with Crippen molar-refractivity contribution in [3.63, 3.8) is 0 Å². The molecule has 0 radical (unpaired) electrons. The smallest absolute Gasteiger partial charge is 0.329 e. The molecule has 1 aliphatic rings. The van der Waals surface area contributed by atoms with Crippen LogP contribution in [0, 0.1) is 0 Å². The Labute approximate surface area is 145 Å². The average molecular weight is 338 g/mol. The molecule has 2 aromatic rings. The topological polar surface area (TPSA) is 66.9 Å². The Morgan fingerprint density at radius 3 is 2.00 bits per heavy atom. The van der Waals surface area contributed by atoms with Gasteiger partial charge in [-0.25, -0.2) is 4.79 Å². The van der Waals surface area contributed by atoms with Crippen LogP contribution in [0.3, 0.4) is 0 Å². The third kappa shape index (κ3) is 3.29. The summed E-state index contributed by atoms with van der Waals surface area (Å²) in [5.41, 5.74) is 1.24. The third-order valence-electron chi connectivity index (χ3n) is 3.97. The van der Waals surface area contributed by atoms with Gasteiger partial charge in [0.25, 0.3) is 11.8 Å². The molecule has 3 rings (SSSR count). The summed E-state index contributed by atoms with van der Waals surface area (Å²) in [6, 6.07) is 15.5. The molecule has 0 aromatic heterocycles. The second-order valence-electron chi connectivity index (χ2n) is 6.09. The largest absolute Gasteiger partial charge is 0.341 e. The fraction of sp³-hybridized carbons (Fsp3) is 0.211. The highest BCUT2D eigenvalue weighted by atomic mass is 16.7. The van der Waals surface area contributed by atoms with E-state index in [0.29, 0.717) is 11.6 Å². The fourth-order valence-electron chi connectivity index (χ4n) is 2.77. The number of nitrogens with zero attached hydrogens (tertiary/aromatic N) is 2. The van der Waals surface area contributed by atoms with Crippen molar-refractivity contribution in [3.8, 4) is 0 Å². The zero-order valence-electron chi connectivity index (χ0n) is 14.0. The molecule has 0 bridgehead atoms. The van der Waals surface area contributed by atoms with Gasteiger partial charge < -0.3 is 9.74 Å². The van der Waals surface area contributed by atoms with E-state index >= 15 is 0 Å². The molecule has 0 fully saturated rings. The molecule has 0 N–H and O–H groups in total. The number of carbonyl (C=O) groups excluding carboxylic acids is 3. The van der Waals surface area contributed by atoms with Crippen LogP contribution in [0.1, 0.15) is 32.2 Å². The number of imide groups is 1. The van der Waals surface area contributed by atoms with Gasteiger partial charge in [0.15, 0.2) is 0 Å². The van der Waals surface area contributed by atoms with Gasteiger partial charge in [-0.15, -0.1) is 0 Å². The highest BCUT2D eigenvalue weighted by Crippen LogP contribution is 2.25. The number of benzene rings is 2. The van der Waals surface area contributed by atoms with Gasteiger partial charge in [0.2, 0.25) is 0 Å². The summed E-state index contributed by atoms with van der Waals surface area (Å²) >= 11 is 0. The van der Waals surface area contributed by atoms with Crippen LogP contribution in [-0.2, 0) is 9.63 Å². The summed E-state index contributed by atoms with van der Waals surface area (Å²) in [7, 11) is 3.68. The second-order valence-corrected chi connectivity index (χ2v) is 6.09. The first-order valence-corrected chi connectivity index (χ1v) is 7.88. The van der Waals surface area contributed by atoms with Gasteiger partial charge in [-0.05, 0) is 31.8 Å². The van der Waals surface area contributed by atoms with Crippen LogP contribution in [0.15, 0.2) is 54.6 Å². The Morgan fingerprint density at radius 2 is 1.48 bits per heavy atom. The van der Waals surface area contributed by atoms with E-state index < -0.39 is 23.7 Å². The molecule has 128 valence electrons. The molecule has 2 amide bonds. The summed E-state index contributed by atoms with van der Waals surface area (Å²) in [4.78, 5) is 44.4. The van der Waals surface area contributed by atoms with Gasteiger partial charge in [0.05, 0.1) is 17.0 Å². The molecule has 25 heavy (non-hydrogen) atoms. The highest BCUT2D eigenvalue weighted by Gasteiger charge is 2.40. The normalized spacial score (nSPS) is 14.6. The Hall–Kier alpha value is -2.99. The number of carbonyl (C=O) groups is 3. The third-order valence-corrected chi connectivity index (χ3v) is 3.97. The molecule has 0 spiro atoms. The zero-order chi connectivity index (χ0) is 18.0. The maximum absolute atomic E-state index is 12.7. The first kappa shape index (κ1) is 16.9.